The van der Waals surface area contributed by atoms with Gasteiger partial charge in [0.05, 0.1) is 12.8 Å². The molecule has 0 saturated carbocycles. The maximum absolute atomic E-state index is 11.0. The van der Waals surface area contributed by atoms with E-state index in [-0.39, 0.29) is 11.3 Å². The van der Waals surface area contributed by atoms with Crippen LogP contribution in [0.25, 0.3) is 10.9 Å². The number of hydrogen-bond acceptors (Lipinski definition) is 3. The second kappa shape index (κ2) is 8.30. The van der Waals surface area contributed by atoms with Crippen molar-refractivity contribution < 1.29 is 9.53 Å². The highest BCUT2D eigenvalue weighted by Gasteiger charge is 2.13. The Bertz CT molecular complexity index is 979. The summed E-state index contributed by atoms with van der Waals surface area (Å²) < 4.78 is 8.08. The molecule has 28 heavy (non-hydrogen) atoms. The molecule has 3 aromatic rings. The molecule has 1 amide bonds. The van der Waals surface area contributed by atoms with E-state index in [4.69, 9.17) is 4.74 Å². The van der Waals surface area contributed by atoms with Crippen LogP contribution in [0.2, 0.25) is 0 Å². The van der Waals surface area contributed by atoms with Gasteiger partial charge in [0.25, 0.3) is 0 Å². The number of rotatable bonds is 6. The summed E-state index contributed by atoms with van der Waals surface area (Å²) >= 11 is 0. The number of nitrogens with one attached hydrogen (secondary N) is 1. The summed E-state index contributed by atoms with van der Waals surface area (Å²) in [6.45, 7) is 9.32. The fourth-order valence-corrected chi connectivity index (χ4v) is 3.07. The molecule has 0 radical (unpaired) electrons. The van der Waals surface area contributed by atoms with Crippen LogP contribution in [0, 0.1) is 0 Å². The Balaban J connectivity index is 1.69. The van der Waals surface area contributed by atoms with Gasteiger partial charge in [-0.1, -0.05) is 51.1 Å². The molecule has 1 aromatic heterocycles. The van der Waals surface area contributed by atoms with Crippen LogP contribution in [0.4, 0.5) is 0 Å². The van der Waals surface area contributed by atoms with Crippen LogP contribution in [0.5, 0.6) is 5.75 Å². The summed E-state index contributed by atoms with van der Waals surface area (Å²) in [6.07, 6.45) is 3.70. The summed E-state index contributed by atoms with van der Waals surface area (Å²) in [7, 11) is 0. The number of carbonyl (C=O) groups excluding carboxylic acids is 1. The van der Waals surface area contributed by atoms with Crippen molar-refractivity contribution in [2.75, 3.05) is 6.61 Å². The molecule has 0 aliphatic heterocycles. The van der Waals surface area contributed by atoms with Crippen LogP contribution in [-0.2, 0) is 16.8 Å². The fraction of sp³-hybridized carbons (Fsp3) is 0.304. The van der Waals surface area contributed by atoms with Crippen LogP contribution < -0.4 is 10.2 Å². The first kappa shape index (κ1) is 19.7. The molecule has 146 valence electrons. The van der Waals surface area contributed by atoms with E-state index in [9.17, 15) is 4.79 Å². The third-order valence-corrected chi connectivity index (χ3v) is 4.57. The van der Waals surface area contributed by atoms with Crippen molar-refractivity contribution in [2.24, 2.45) is 5.10 Å². The number of hydrogen-bond donors (Lipinski definition) is 1. The molecular formula is C23H27N3O2. The van der Waals surface area contributed by atoms with Gasteiger partial charge < -0.3 is 9.30 Å². The first-order chi connectivity index (χ1) is 13.3. The number of benzene rings is 2. The van der Waals surface area contributed by atoms with Gasteiger partial charge in [-0.3, -0.25) is 4.79 Å². The van der Waals surface area contributed by atoms with E-state index in [0.717, 1.165) is 28.8 Å². The Labute approximate surface area is 166 Å². The minimum absolute atomic E-state index is 0.137. The second-order valence-corrected chi connectivity index (χ2v) is 7.84. The first-order valence-corrected chi connectivity index (χ1v) is 9.45. The number of fused-ring (bicyclic) bond motifs is 1. The highest BCUT2D eigenvalue weighted by molar-refractivity contribution is 5.99. The summed E-state index contributed by atoms with van der Waals surface area (Å²) in [5.41, 5.74) is 5.94. The minimum atomic E-state index is -0.189. The fourth-order valence-electron chi connectivity index (χ4n) is 3.07. The Morgan fingerprint density at radius 2 is 1.86 bits per heavy atom. The van der Waals surface area contributed by atoms with Crippen molar-refractivity contribution >= 4 is 23.0 Å². The average molecular weight is 377 g/mol. The quantitative estimate of drug-likeness (QED) is 0.508. The van der Waals surface area contributed by atoms with Gasteiger partial charge in [0.2, 0.25) is 5.91 Å². The molecule has 0 bridgehead atoms. The highest BCUT2D eigenvalue weighted by Crippen LogP contribution is 2.24. The first-order valence-electron chi connectivity index (χ1n) is 9.45. The summed E-state index contributed by atoms with van der Waals surface area (Å²) in [5, 5.41) is 5.08. The highest BCUT2D eigenvalue weighted by atomic mass is 16.5. The van der Waals surface area contributed by atoms with Crippen LogP contribution >= 0.6 is 0 Å². The van der Waals surface area contributed by atoms with Crippen molar-refractivity contribution in [3.8, 4) is 5.75 Å². The van der Waals surface area contributed by atoms with E-state index >= 15 is 0 Å². The smallest absolute Gasteiger partial charge is 0.236 e. The van der Waals surface area contributed by atoms with Crippen molar-refractivity contribution in [3.63, 3.8) is 0 Å². The van der Waals surface area contributed by atoms with E-state index in [0.29, 0.717) is 6.61 Å². The SMILES string of the molecule is CC(=O)N/N=C\c1cn(CCOc2ccc(C(C)(C)C)cc2)c2ccccc12. The summed E-state index contributed by atoms with van der Waals surface area (Å²) in [5.74, 6) is 0.683. The molecule has 0 unspecified atom stereocenters. The van der Waals surface area contributed by atoms with Gasteiger partial charge in [-0.25, -0.2) is 5.43 Å². The van der Waals surface area contributed by atoms with E-state index in [1.165, 1.54) is 12.5 Å². The zero-order valence-corrected chi connectivity index (χ0v) is 16.9. The molecule has 2 aromatic carbocycles. The summed E-state index contributed by atoms with van der Waals surface area (Å²) in [6, 6.07) is 16.4. The lowest BCUT2D eigenvalue weighted by Crippen LogP contribution is -2.12. The van der Waals surface area contributed by atoms with Crippen LogP contribution in [0.3, 0.4) is 0 Å². The number of nitrogens with zero attached hydrogens (tertiary/aromatic N) is 2. The van der Waals surface area contributed by atoms with E-state index in [1.54, 1.807) is 6.21 Å². The van der Waals surface area contributed by atoms with Gasteiger partial charge in [0.15, 0.2) is 0 Å². The molecule has 0 atom stereocenters. The van der Waals surface area contributed by atoms with Crippen molar-refractivity contribution in [2.45, 2.75) is 39.7 Å². The normalized spacial score (nSPS) is 11.9. The molecule has 0 aliphatic carbocycles. The van der Waals surface area contributed by atoms with Crippen molar-refractivity contribution in [3.05, 3.63) is 65.9 Å². The third-order valence-electron chi connectivity index (χ3n) is 4.57. The molecule has 1 N–H and O–H groups in total. The molecule has 0 aliphatic rings. The summed E-state index contributed by atoms with van der Waals surface area (Å²) in [4.78, 5) is 11.0. The minimum Gasteiger partial charge on any atom is -0.492 e. The molecule has 0 saturated heterocycles. The van der Waals surface area contributed by atoms with Gasteiger partial charge in [-0.15, -0.1) is 0 Å². The molecular weight excluding hydrogens is 350 g/mol. The Morgan fingerprint density at radius 1 is 1.14 bits per heavy atom. The molecule has 5 nitrogen and oxygen atoms in total. The molecule has 0 spiro atoms. The molecule has 5 heteroatoms. The van der Waals surface area contributed by atoms with Gasteiger partial charge in [-0.05, 0) is 29.2 Å². The maximum Gasteiger partial charge on any atom is 0.236 e. The van der Waals surface area contributed by atoms with Crippen molar-refractivity contribution in [1.82, 2.24) is 9.99 Å². The number of hydrazone groups is 1. The lowest BCUT2D eigenvalue weighted by molar-refractivity contribution is -0.118. The number of ether oxygens (including phenoxy) is 1. The largest absolute Gasteiger partial charge is 0.492 e. The third kappa shape index (κ3) is 4.80. The van der Waals surface area contributed by atoms with Gasteiger partial charge >= 0.3 is 0 Å². The topological polar surface area (TPSA) is 55.6 Å². The van der Waals surface area contributed by atoms with Crippen LogP contribution in [0.15, 0.2) is 59.8 Å². The molecule has 1 heterocycles. The van der Waals surface area contributed by atoms with Gasteiger partial charge in [0.1, 0.15) is 12.4 Å². The zero-order chi connectivity index (χ0) is 20.1. The second-order valence-electron chi connectivity index (χ2n) is 7.84. The number of aromatic nitrogens is 1. The van der Waals surface area contributed by atoms with E-state index < -0.39 is 0 Å². The average Bonchev–Trinajstić information content (AvgIpc) is 2.99. The van der Waals surface area contributed by atoms with Crippen LogP contribution in [0.1, 0.15) is 38.8 Å². The predicted molar refractivity (Wildman–Crippen MR) is 114 cm³/mol. The Morgan fingerprint density at radius 3 is 2.54 bits per heavy atom. The number of amides is 1. The predicted octanol–water partition coefficient (Wildman–Crippen LogP) is 4.49. The number of para-hydroxylation sites is 1. The monoisotopic (exact) mass is 377 g/mol. The standard InChI is InChI=1S/C23H27N3O2/c1-17(27)25-24-15-18-16-26(22-8-6-5-7-21(18)22)13-14-28-20-11-9-19(10-12-20)23(2,3)4/h5-12,15-16H,13-14H2,1-4H3,(H,25,27)/b24-15-. The maximum atomic E-state index is 11.0. The van der Waals surface area contributed by atoms with Gasteiger partial charge in [-0.2, -0.15) is 5.10 Å². The Kier molecular flexibility index (Phi) is 5.83. The molecule has 0 fully saturated rings. The zero-order valence-electron chi connectivity index (χ0n) is 16.9. The lowest BCUT2D eigenvalue weighted by atomic mass is 9.87. The molecule has 3 rings (SSSR count). The van der Waals surface area contributed by atoms with Crippen LogP contribution in [-0.4, -0.2) is 23.3 Å². The Hall–Kier alpha value is -3.08. The van der Waals surface area contributed by atoms with Crippen molar-refractivity contribution in [1.29, 1.82) is 0 Å². The van der Waals surface area contributed by atoms with E-state index in [2.05, 4.69) is 54.1 Å². The van der Waals surface area contributed by atoms with E-state index in [1.807, 2.05) is 36.5 Å². The number of carbonyl (C=O) groups is 1. The van der Waals surface area contributed by atoms with Gasteiger partial charge in [0, 0.05) is 29.6 Å². The lowest BCUT2D eigenvalue weighted by Gasteiger charge is -2.19.